The molecule has 0 radical (unpaired) electrons. The van der Waals surface area contributed by atoms with E-state index < -0.39 is 5.97 Å². The Morgan fingerprint density at radius 2 is 1.86 bits per heavy atom. The summed E-state index contributed by atoms with van der Waals surface area (Å²) in [5.74, 6) is -0.503. The van der Waals surface area contributed by atoms with Crippen LogP contribution in [-0.2, 0) is 4.79 Å². The van der Waals surface area contributed by atoms with Gasteiger partial charge in [0.15, 0.2) is 11.5 Å². The van der Waals surface area contributed by atoms with E-state index in [-0.39, 0.29) is 11.5 Å². The minimum Gasteiger partial charge on any atom is -0.545 e. The van der Waals surface area contributed by atoms with Crippen LogP contribution in [0.15, 0.2) is 90.1 Å². The van der Waals surface area contributed by atoms with Gasteiger partial charge in [-0.2, -0.15) is 10.1 Å². The summed E-state index contributed by atoms with van der Waals surface area (Å²) in [6.45, 7) is 4.01. The third-order valence-electron chi connectivity index (χ3n) is 5.18. The molecule has 4 rings (SSSR count). The predicted molar refractivity (Wildman–Crippen MR) is 141 cm³/mol. The number of halogens is 1. The Morgan fingerprint density at radius 3 is 2.49 bits per heavy atom. The highest BCUT2D eigenvalue weighted by Crippen LogP contribution is 2.36. The van der Waals surface area contributed by atoms with E-state index in [1.165, 1.54) is 29.3 Å². The highest BCUT2D eigenvalue weighted by Gasteiger charge is 2.32. The second kappa shape index (κ2) is 10.6. The Labute approximate surface area is 216 Å². The van der Waals surface area contributed by atoms with E-state index in [9.17, 15) is 14.7 Å². The zero-order valence-electron chi connectivity index (χ0n) is 18.7. The summed E-state index contributed by atoms with van der Waals surface area (Å²) in [6, 6.07) is 18.9. The molecule has 0 aliphatic carbocycles. The van der Waals surface area contributed by atoms with Crippen molar-refractivity contribution in [2.75, 3.05) is 18.7 Å². The van der Waals surface area contributed by atoms with Crippen LogP contribution in [0.2, 0.25) is 0 Å². The Balaban J connectivity index is 1.79. The first-order valence-corrected chi connectivity index (χ1v) is 11.6. The molecule has 0 unspecified atom stereocenters. The quantitative estimate of drug-likeness (QED) is 0.228. The maximum absolute atomic E-state index is 13.5. The van der Waals surface area contributed by atoms with Crippen LogP contribution in [0.1, 0.15) is 21.5 Å². The molecule has 8 heteroatoms. The summed E-state index contributed by atoms with van der Waals surface area (Å²) in [6.07, 6.45) is 3.41. The standard InChI is InChI=1S/C27H21IN2O5/c1-3-13-35-25-22(28)15-17(16-23(25)34-2)14-21-24(18-7-5-4-6-8-18)29-30(26(21)31)20-11-9-19(10-12-20)27(32)33/h3-12,14-16H,1,13H2,2H3,(H,32,33)/p-1. The molecule has 1 heterocycles. The molecule has 0 saturated heterocycles. The van der Waals surface area contributed by atoms with Gasteiger partial charge in [0, 0.05) is 5.56 Å². The van der Waals surface area contributed by atoms with Crippen molar-refractivity contribution in [2.45, 2.75) is 0 Å². The number of anilines is 1. The number of ether oxygens (including phenoxy) is 2. The minimum absolute atomic E-state index is 0.0175. The molecule has 176 valence electrons. The molecular weight excluding hydrogens is 559 g/mol. The number of carbonyl (C=O) groups is 2. The van der Waals surface area contributed by atoms with E-state index in [1.54, 1.807) is 25.3 Å². The van der Waals surface area contributed by atoms with Gasteiger partial charge in [0.1, 0.15) is 12.3 Å². The second-order valence-electron chi connectivity index (χ2n) is 7.46. The molecule has 1 aliphatic rings. The molecule has 0 aromatic heterocycles. The van der Waals surface area contributed by atoms with Crippen LogP contribution >= 0.6 is 22.6 Å². The lowest BCUT2D eigenvalue weighted by Gasteiger charge is -2.13. The van der Waals surface area contributed by atoms with Crippen LogP contribution < -0.4 is 19.6 Å². The number of nitrogens with zero attached hydrogens (tertiary/aromatic N) is 2. The molecule has 0 N–H and O–H groups in total. The van der Waals surface area contributed by atoms with Crippen molar-refractivity contribution in [1.82, 2.24) is 0 Å². The molecule has 0 spiro atoms. The minimum atomic E-state index is -1.29. The van der Waals surface area contributed by atoms with Gasteiger partial charge >= 0.3 is 0 Å². The van der Waals surface area contributed by atoms with E-state index in [4.69, 9.17) is 9.47 Å². The number of aromatic carboxylic acids is 1. The van der Waals surface area contributed by atoms with E-state index in [0.29, 0.717) is 35.1 Å². The highest BCUT2D eigenvalue weighted by atomic mass is 127. The third-order valence-corrected chi connectivity index (χ3v) is 5.98. The number of rotatable bonds is 8. The lowest BCUT2D eigenvalue weighted by atomic mass is 10.00. The number of amides is 1. The lowest BCUT2D eigenvalue weighted by Crippen LogP contribution is -2.23. The molecule has 0 atom stereocenters. The van der Waals surface area contributed by atoms with Gasteiger partial charge in [-0.05, 0) is 64.1 Å². The predicted octanol–water partition coefficient (Wildman–Crippen LogP) is 4.06. The number of carbonyl (C=O) groups excluding carboxylic acids is 2. The van der Waals surface area contributed by atoms with Crippen molar-refractivity contribution >= 4 is 51.9 Å². The second-order valence-corrected chi connectivity index (χ2v) is 8.62. The summed E-state index contributed by atoms with van der Waals surface area (Å²) in [5.41, 5.74) is 2.85. The summed E-state index contributed by atoms with van der Waals surface area (Å²) in [7, 11) is 1.55. The number of benzene rings is 3. The SMILES string of the molecule is C=CCOc1c(I)cc(C=C2C(=O)N(c3ccc(C(=O)[O-])cc3)N=C2c2ccccc2)cc1OC. The number of carboxylic acid groups (broad SMARTS) is 1. The van der Waals surface area contributed by atoms with Gasteiger partial charge in [0.25, 0.3) is 5.91 Å². The molecule has 0 bridgehead atoms. The smallest absolute Gasteiger partial charge is 0.281 e. The van der Waals surface area contributed by atoms with Crippen LogP contribution in [0.3, 0.4) is 0 Å². The molecule has 1 amide bonds. The van der Waals surface area contributed by atoms with Gasteiger partial charge in [0.2, 0.25) is 0 Å². The van der Waals surface area contributed by atoms with Crippen molar-refractivity contribution in [1.29, 1.82) is 0 Å². The zero-order chi connectivity index (χ0) is 24.9. The van der Waals surface area contributed by atoms with Crippen molar-refractivity contribution in [3.63, 3.8) is 0 Å². The Morgan fingerprint density at radius 1 is 1.14 bits per heavy atom. The fourth-order valence-corrected chi connectivity index (χ4v) is 4.32. The number of hydrogen-bond donors (Lipinski definition) is 0. The van der Waals surface area contributed by atoms with Gasteiger partial charge in [0.05, 0.1) is 27.9 Å². The normalized spacial score (nSPS) is 14.1. The first-order chi connectivity index (χ1) is 16.9. The maximum Gasteiger partial charge on any atom is 0.281 e. The Hall–Kier alpha value is -3.92. The van der Waals surface area contributed by atoms with Gasteiger partial charge in [-0.3, -0.25) is 4.79 Å². The fraction of sp³-hybridized carbons (Fsp3) is 0.0741. The molecule has 0 fully saturated rings. The zero-order valence-corrected chi connectivity index (χ0v) is 20.9. The Kier molecular flexibility index (Phi) is 7.31. The number of carboxylic acids is 1. The van der Waals surface area contributed by atoms with Crippen molar-refractivity contribution in [3.8, 4) is 11.5 Å². The topological polar surface area (TPSA) is 91.3 Å². The van der Waals surface area contributed by atoms with Gasteiger partial charge < -0.3 is 19.4 Å². The van der Waals surface area contributed by atoms with Crippen molar-refractivity contribution in [3.05, 3.63) is 105 Å². The van der Waals surface area contributed by atoms with Gasteiger partial charge in [-0.15, -0.1) is 0 Å². The van der Waals surface area contributed by atoms with E-state index in [0.717, 1.165) is 14.7 Å². The molecule has 3 aromatic rings. The van der Waals surface area contributed by atoms with Crippen LogP contribution in [0.5, 0.6) is 11.5 Å². The largest absolute Gasteiger partial charge is 0.545 e. The van der Waals surface area contributed by atoms with Crippen LogP contribution in [0.25, 0.3) is 6.08 Å². The fourth-order valence-electron chi connectivity index (χ4n) is 3.54. The molecule has 0 saturated carbocycles. The van der Waals surface area contributed by atoms with Crippen LogP contribution in [0, 0.1) is 3.57 Å². The van der Waals surface area contributed by atoms with Gasteiger partial charge in [-0.25, -0.2) is 0 Å². The first-order valence-electron chi connectivity index (χ1n) is 10.6. The van der Waals surface area contributed by atoms with Gasteiger partial charge in [-0.1, -0.05) is 55.1 Å². The summed E-state index contributed by atoms with van der Waals surface area (Å²) < 4.78 is 12.1. The van der Waals surface area contributed by atoms with E-state index in [1.807, 2.05) is 36.4 Å². The average Bonchev–Trinajstić information content (AvgIpc) is 3.19. The lowest BCUT2D eigenvalue weighted by molar-refractivity contribution is -0.255. The molecular formula is C27H20IN2O5-. The van der Waals surface area contributed by atoms with Crippen LogP contribution in [-0.4, -0.2) is 31.3 Å². The molecule has 35 heavy (non-hydrogen) atoms. The highest BCUT2D eigenvalue weighted by molar-refractivity contribution is 14.1. The summed E-state index contributed by atoms with van der Waals surface area (Å²) in [5, 5.41) is 16.9. The Bertz CT molecular complexity index is 1350. The number of methoxy groups -OCH3 is 1. The van der Waals surface area contributed by atoms with E-state index >= 15 is 0 Å². The molecule has 3 aromatic carbocycles. The number of hydrogen-bond acceptors (Lipinski definition) is 6. The van der Waals surface area contributed by atoms with Crippen molar-refractivity contribution < 1.29 is 24.2 Å². The van der Waals surface area contributed by atoms with Crippen molar-refractivity contribution in [2.24, 2.45) is 5.10 Å². The average molecular weight is 579 g/mol. The monoisotopic (exact) mass is 579 g/mol. The summed E-state index contributed by atoms with van der Waals surface area (Å²) in [4.78, 5) is 24.6. The molecule has 1 aliphatic heterocycles. The maximum atomic E-state index is 13.5. The summed E-state index contributed by atoms with van der Waals surface area (Å²) >= 11 is 2.16. The third kappa shape index (κ3) is 5.12. The molecule has 7 nitrogen and oxygen atoms in total. The first kappa shape index (κ1) is 24.2. The number of hydrazone groups is 1. The van der Waals surface area contributed by atoms with Crippen LogP contribution in [0.4, 0.5) is 5.69 Å². The van der Waals surface area contributed by atoms with E-state index in [2.05, 4.69) is 34.3 Å².